The Morgan fingerprint density at radius 2 is 1.68 bits per heavy atom. The van der Waals surface area contributed by atoms with Gasteiger partial charge < -0.3 is 5.32 Å². The monoisotopic (exact) mass is 297 g/mol. The number of piperidine rings is 1. The second-order valence-electron chi connectivity index (χ2n) is 8.09. The first-order chi connectivity index (χ1) is 10.8. The molecule has 3 fully saturated rings. The number of benzene rings is 1. The molecule has 6 atom stereocenters. The maximum Gasteiger partial charge on any atom is 0.0126 e. The van der Waals surface area contributed by atoms with Crippen LogP contribution >= 0.6 is 0 Å². The van der Waals surface area contributed by atoms with Gasteiger partial charge in [-0.15, -0.1) is 0 Å². The largest absolute Gasteiger partial charge is 0.313 e. The zero-order valence-corrected chi connectivity index (χ0v) is 14.0. The van der Waals surface area contributed by atoms with Gasteiger partial charge in [-0.25, -0.2) is 0 Å². The maximum atomic E-state index is 3.92. The smallest absolute Gasteiger partial charge is 0.0126 e. The van der Waals surface area contributed by atoms with Crippen LogP contribution in [0.2, 0.25) is 0 Å². The third-order valence-electron chi connectivity index (χ3n) is 7.11. The van der Waals surface area contributed by atoms with Crippen LogP contribution in [0.25, 0.3) is 0 Å². The molecule has 120 valence electrons. The maximum absolute atomic E-state index is 3.92. The number of rotatable bonds is 2. The van der Waals surface area contributed by atoms with E-state index in [0.29, 0.717) is 0 Å². The number of nitrogens with one attached hydrogen (secondary N) is 1. The zero-order chi connectivity index (χ0) is 14.9. The highest BCUT2D eigenvalue weighted by molar-refractivity contribution is 5.22. The first-order valence-corrected chi connectivity index (χ1v) is 9.63. The summed E-state index contributed by atoms with van der Waals surface area (Å²) in [6, 6.07) is 12.1. The summed E-state index contributed by atoms with van der Waals surface area (Å²) in [5.41, 5.74) is 1.58. The molecule has 1 aromatic rings. The highest BCUT2D eigenvalue weighted by Gasteiger charge is 2.44. The molecule has 1 heteroatoms. The highest BCUT2D eigenvalue weighted by Crippen LogP contribution is 2.51. The SMILES string of the molecule is CC1C(c2ccccc2)CCC1C1CCCC2CCCNC21. The summed E-state index contributed by atoms with van der Waals surface area (Å²) in [5, 5.41) is 3.92. The van der Waals surface area contributed by atoms with E-state index < -0.39 is 0 Å². The summed E-state index contributed by atoms with van der Waals surface area (Å²) in [6.07, 6.45) is 10.2. The fourth-order valence-corrected chi connectivity index (χ4v) is 6.05. The lowest BCUT2D eigenvalue weighted by molar-refractivity contribution is 0.0878. The summed E-state index contributed by atoms with van der Waals surface area (Å²) in [7, 11) is 0. The first kappa shape index (κ1) is 14.8. The molecule has 1 aromatic carbocycles. The van der Waals surface area contributed by atoms with Crippen molar-refractivity contribution in [3.05, 3.63) is 35.9 Å². The fraction of sp³-hybridized carbons (Fsp3) is 0.714. The van der Waals surface area contributed by atoms with E-state index in [1.807, 2.05) is 0 Å². The Morgan fingerprint density at radius 3 is 2.55 bits per heavy atom. The van der Waals surface area contributed by atoms with E-state index in [0.717, 1.165) is 35.6 Å². The van der Waals surface area contributed by atoms with Gasteiger partial charge in [0.05, 0.1) is 0 Å². The molecule has 1 heterocycles. The zero-order valence-electron chi connectivity index (χ0n) is 14.0. The first-order valence-electron chi connectivity index (χ1n) is 9.63. The van der Waals surface area contributed by atoms with Gasteiger partial charge in [-0.05, 0) is 80.2 Å². The average molecular weight is 297 g/mol. The van der Waals surface area contributed by atoms with Crippen molar-refractivity contribution in [1.82, 2.24) is 5.32 Å². The Kier molecular flexibility index (Phi) is 4.26. The molecule has 4 rings (SSSR count). The Bertz CT molecular complexity index is 480. The molecule has 2 aliphatic carbocycles. The van der Waals surface area contributed by atoms with Gasteiger partial charge >= 0.3 is 0 Å². The molecule has 22 heavy (non-hydrogen) atoms. The molecule has 6 unspecified atom stereocenters. The van der Waals surface area contributed by atoms with Crippen molar-refractivity contribution in [1.29, 1.82) is 0 Å². The molecule has 2 saturated carbocycles. The minimum Gasteiger partial charge on any atom is -0.313 e. The minimum absolute atomic E-state index is 0.801. The van der Waals surface area contributed by atoms with Crippen LogP contribution < -0.4 is 5.32 Å². The van der Waals surface area contributed by atoms with Crippen LogP contribution in [0, 0.1) is 23.7 Å². The lowest BCUT2D eigenvalue weighted by Gasteiger charge is -2.45. The number of hydrogen-bond donors (Lipinski definition) is 1. The van der Waals surface area contributed by atoms with E-state index in [2.05, 4.69) is 42.6 Å². The lowest BCUT2D eigenvalue weighted by Crippen LogP contribution is -2.51. The summed E-state index contributed by atoms with van der Waals surface area (Å²) < 4.78 is 0. The predicted octanol–water partition coefficient (Wildman–Crippen LogP) is 4.98. The van der Waals surface area contributed by atoms with Crippen LogP contribution in [0.3, 0.4) is 0 Å². The van der Waals surface area contributed by atoms with E-state index in [1.165, 1.54) is 51.5 Å². The second-order valence-corrected chi connectivity index (χ2v) is 8.09. The second kappa shape index (κ2) is 6.35. The van der Waals surface area contributed by atoms with Gasteiger partial charge in [0.2, 0.25) is 0 Å². The van der Waals surface area contributed by atoms with Crippen LogP contribution in [0.1, 0.15) is 63.4 Å². The third-order valence-corrected chi connectivity index (χ3v) is 7.11. The van der Waals surface area contributed by atoms with E-state index in [4.69, 9.17) is 0 Å². The standard InChI is InChI=1S/C21H31N/c1-15-18(16-7-3-2-4-8-16)12-13-19(15)20-11-5-9-17-10-6-14-22-21(17)20/h2-4,7-8,15,17-22H,5-6,9-14H2,1H3. The van der Waals surface area contributed by atoms with Crippen molar-refractivity contribution in [2.45, 2.75) is 63.8 Å². The van der Waals surface area contributed by atoms with Gasteiger partial charge in [0.25, 0.3) is 0 Å². The quantitative estimate of drug-likeness (QED) is 0.811. The summed E-state index contributed by atoms with van der Waals surface area (Å²) in [5.74, 6) is 4.53. The summed E-state index contributed by atoms with van der Waals surface area (Å²) >= 11 is 0. The molecular formula is C21H31N. The summed E-state index contributed by atoms with van der Waals surface area (Å²) in [4.78, 5) is 0. The molecule has 1 aliphatic heterocycles. The van der Waals surface area contributed by atoms with E-state index in [-0.39, 0.29) is 0 Å². The van der Waals surface area contributed by atoms with Crippen LogP contribution in [-0.4, -0.2) is 12.6 Å². The molecule has 0 amide bonds. The van der Waals surface area contributed by atoms with Gasteiger partial charge in [-0.2, -0.15) is 0 Å². The van der Waals surface area contributed by atoms with Crippen molar-refractivity contribution in [3.8, 4) is 0 Å². The van der Waals surface area contributed by atoms with Crippen molar-refractivity contribution in [2.24, 2.45) is 23.7 Å². The molecular weight excluding hydrogens is 266 g/mol. The Hall–Kier alpha value is -0.820. The van der Waals surface area contributed by atoms with E-state index >= 15 is 0 Å². The molecule has 0 aromatic heterocycles. The normalized spacial score (nSPS) is 42.0. The van der Waals surface area contributed by atoms with Crippen LogP contribution in [-0.2, 0) is 0 Å². The Balaban J connectivity index is 1.51. The summed E-state index contributed by atoms with van der Waals surface area (Å²) in [6.45, 7) is 3.81. The Morgan fingerprint density at radius 1 is 0.864 bits per heavy atom. The topological polar surface area (TPSA) is 12.0 Å². The fourth-order valence-electron chi connectivity index (χ4n) is 6.05. The molecule has 0 radical (unpaired) electrons. The van der Waals surface area contributed by atoms with Gasteiger partial charge in [0, 0.05) is 6.04 Å². The lowest BCUT2D eigenvalue weighted by atomic mass is 9.66. The van der Waals surface area contributed by atoms with Crippen LogP contribution in [0.4, 0.5) is 0 Å². The number of fused-ring (bicyclic) bond motifs is 1. The van der Waals surface area contributed by atoms with Gasteiger partial charge in [-0.3, -0.25) is 0 Å². The molecule has 3 aliphatic rings. The average Bonchev–Trinajstić information content (AvgIpc) is 2.96. The predicted molar refractivity (Wildman–Crippen MR) is 92.9 cm³/mol. The van der Waals surface area contributed by atoms with Crippen molar-refractivity contribution < 1.29 is 0 Å². The van der Waals surface area contributed by atoms with Gasteiger partial charge in [-0.1, -0.05) is 43.7 Å². The molecule has 0 spiro atoms. The van der Waals surface area contributed by atoms with Crippen molar-refractivity contribution in [3.63, 3.8) is 0 Å². The number of hydrogen-bond acceptors (Lipinski definition) is 1. The molecule has 1 nitrogen and oxygen atoms in total. The van der Waals surface area contributed by atoms with Crippen molar-refractivity contribution in [2.75, 3.05) is 6.54 Å². The van der Waals surface area contributed by atoms with Crippen LogP contribution in [0.15, 0.2) is 30.3 Å². The minimum atomic E-state index is 0.801. The molecule has 1 saturated heterocycles. The Labute approximate surface area is 135 Å². The molecule has 0 bridgehead atoms. The van der Waals surface area contributed by atoms with E-state index in [1.54, 1.807) is 5.56 Å². The van der Waals surface area contributed by atoms with Crippen molar-refractivity contribution >= 4 is 0 Å². The highest BCUT2D eigenvalue weighted by atomic mass is 14.9. The molecule has 1 N–H and O–H groups in total. The van der Waals surface area contributed by atoms with Gasteiger partial charge in [0.15, 0.2) is 0 Å². The van der Waals surface area contributed by atoms with E-state index in [9.17, 15) is 0 Å². The third kappa shape index (κ3) is 2.62. The van der Waals surface area contributed by atoms with Gasteiger partial charge in [0.1, 0.15) is 0 Å². The van der Waals surface area contributed by atoms with Crippen LogP contribution in [0.5, 0.6) is 0 Å².